The number of carboxylic acid groups (broad SMARTS) is 1. The van der Waals surface area contributed by atoms with Gasteiger partial charge in [-0.25, -0.2) is 9.59 Å². The van der Waals surface area contributed by atoms with Crippen molar-refractivity contribution in [2.75, 3.05) is 13.2 Å². The van der Waals surface area contributed by atoms with E-state index < -0.39 is 18.1 Å². The van der Waals surface area contributed by atoms with E-state index in [2.05, 4.69) is 21.2 Å². The first-order valence-corrected chi connectivity index (χ1v) is 10.5. The molecule has 1 amide bonds. The van der Waals surface area contributed by atoms with E-state index in [1.54, 1.807) is 24.3 Å². The predicted molar refractivity (Wildman–Crippen MR) is 119 cm³/mol. The number of carbonyl (C=O) groups excluding carboxylic acids is 1. The third-order valence-electron chi connectivity index (χ3n) is 5.16. The van der Waals surface area contributed by atoms with Crippen molar-refractivity contribution in [3.05, 3.63) is 88.4 Å². The van der Waals surface area contributed by atoms with E-state index in [-0.39, 0.29) is 19.1 Å². The van der Waals surface area contributed by atoms with Gasteiger partial charge in [0.1, 0.15) is 19.0 Å². The highest BCUT2D eigenvalue weighted by molar-refractivity contribution is 9.10. The van der Waals surface area contributed by atoms with Crippen molar-refractivity contribution < 1.29 is 24.2 Å². The number of nitrogens with one attached hydrogen (secondary N) is 1. The molecule has 0 spiro atoms. The second-order valence-electron chi connectivity index (χ2n) is 7.13. The summed E-state index contributed by atoms with van der Waals surface area (Å²) in [5.74, 6) is -0.796. The molecule has 3 aromatic rings. The Morgan fingerprint density at radius 1 is 0.935 bits per heavy atom. The number of rotatable bonds is 7. The van der Waals surface area contributed by atoms with Crippen LogP contribution in [-0.2, 0) is 9.53 Å². The number of ether oxygens (including phenoxy) is 2. The number of alkyl carbamates (subject to hydrolysis) is 1. The summed E-state index contributed by atoms with van der Waals surface area (Å²) in [7, 11) is 0. The van der Waals surface area contributed by atoms with Crippen LogP contribution in [0, 0.1) is 0 Å². The number of halogens is 1. The number of amides is 1. The lowest BCUT2D eigenvalue weighted by atomic mass is 9.98. The fraction of sp³-hybridized carbons (Fsp3) is 0.167. The summed E-state index contributed by atoms with van der Waals surface area (Å²) in [5, 5.41) is 11.8. The van der Waals surface area contributed by atoms with E-state index in [1.807, 2.05) is 48.5 Å². The van der Waals surface area contributed by atoms with Gasteiger partial charge in [-0.2, -0.15) is 0 Å². The Balaban J connectivity index is 1.38. The molecule has 31 heavy (non-hydrogen) atoms. The van der Waals surface area contributed by atoms with E-state index in [0.717, 1.165) is 26.7 Å². The largest absolute Gasteiger partial charge is 0.491 e. The summed E-state index contributed by atoms with van der Waals surface area (Å²) in [4.78, 5) is 23.9. The van der Waals surface area contributed by atoms with Crippen LogP contribution in [-0.4, -0.2) is 36.4 Å². The first-order chi connectivity index (χ1) is 15.0. The molecule has 4 rings (SSSR count). The minimum atomic E-state index is -1.24. The van der Waals surface area contributed by atoms with Crippen LogP contribution in [0.25, 0.3) is 11.1 Å². The van der Waals surface area contributed by atoms with Gasteiger partial charge in [-0.1, -0.05) is 64.5 Å². The Hall–Kier alpha value is -3.32. The second kappa shape index (κ2) is 9.22. The van der Waals surface area contributed by atoms with Crippen molar-refractivity contribution in [3.63, 3.8) is 0 Å². The Bertz CT molecular complexity index is 1050. The lowest BCUT2D eigenvalue weighted by Gasteiger charge is -2.18. The van der Waals surface area contributed by atoms with Gasteiger partial charge in [0, 0.05) is 10.4 Å². The van der Waals surface area contributed by atoms with Gasteiger partial charge in [0.25, 0.3) is 0 Å². The van der Waals surface area contributed by atoms with Crippen LogP contribution in [0.15, 0.2) is 77.3 Å². The predicted octanol–water partition coefficient (Wildman–Crippen LogP) is 4.82. The van der Waals surface area contributed by atoms with Crippen molar-refractivity contribution in [1.82, 2.24) is 5.32 Å². The molecule has 0 saturated carbocycles. The lowest BCUT2D eigenvalue weighted by Crippen LogP contribution is -2.45. The van der Waals surface area contributed by atoms with E-state index in [4.69, 9.17) is 9.47 Å². The fourth-order valence-corrected chi connectivity index (χ4v) is 3.93. The van der Waals surface area contributed by atoms with E-state index in [0.29, 0.717) is 5.75 Å². The average molecular weight is 482 g/mol. The fourth-order valence-electron chi connectivity index (χ4n) is 3.67. The van der Waals surface area contributed by atoms with Gasteiger partial charge < -0.3 is 19.9 Å². The van der Waals surface area contributed by atoms with Gasteiger partial charge in [0.15, 0.2) is 6.04 Å². The van der Waals surface area contributed by atoms with Gasteiger partial charge >= 0.3 is 12.1 Å². The number of hydrogen-bond acceptors (Lipinski definition) is 4. The molecular weight excluding hydrogens is 462 g/mol. The van der Waals surface area contributed by atoms with Crippen LogP contribution >= 0.6 is 15.9 Å². The van der Waals surface area contributed by atoms with Gasteiger partial charge in [0.2, 0.25) is 0 Å². The standard InChI is InChI=1S/C24H20BrNO5/c25-15-9-11-16(12-10-15)30-14-22(23(27)28)26-24(29)31-13-21-19-7-3-1-5-17(19)18-6-2-4-8-20(18)21/h1-12,21-22H,13-14H2,(H,26,29)(H,27,28)/t22-/m0/s1. The molecule has 0 saturated heterocycles. The maximum atomic E-state index is 12.3. The van der Waals surface area contributed by atoms with Gasteiger partial charge in [-0.15, -0.1) is 0 Å². The molecule has 3 aromatic carbocycles. The van der Waals surface area contributed by atoms with Crippen molar-refractivity contribution in [2.24, 2.45) is 0 Å². The molecule has 0 radical (unpaired) electrons. The van der Waals surface area contributed by atoms with Crippen LogP contribution in [0.2, 0.25) is 0 Å². The second-order valence-corrected chi connectivity index (χ2v) is 8.04. The highest BCUT2D eigenvalue weighted by Crippen LogP contribution is 2.44. The summed E-state index contributed by atoms with van der Waals surface area (Å²) in [6.45, 7) is -0.110. The number of carbonyl (C=O) groups is 2. The first-order valence-electron chi connectivity index (χ1n) is 9.75. The maximum Gasteiger partial charge on any atom is 0.407 e. The minimum Gasteiger partial charge on any atom is -0.491 e. The third-order valence-corrected chi connectivity index (χ3v) is 5.69. The summed E-state index contributed by atoms with van der Waals surface area (Å²) in [6, 6.07) is 21.8. The van der Waals surface area contributed by atoms with Crippen LogP contribution in [0.3, 0.4) is 0 Å². The Kier molecular flexibility index (Phi) is 6.23. The van der Waals surface area contributed by atoms with Crippen LogP contribution in [0.4, 0.5) is 4.79 Å². The molecule has 0 aromatic heterocycles. The molecule has 158 valence electrons. The van der Waals surface area contributed by atoms with Crippen LogP contribution in [0.5, 0.6) is 5.75 Å². The number of aliphatic carboxylic acids is 1. The summed E-state index contributed by atoms with van der Waals surface area (Å²) in [6.07, 6.45) is -0.798. The zero-order valence-electron chi connectivity index (χ0n) is 16.5. The monoisotopic (exact) mass is 481 g/mol. The van der Waals surface area contributed by atoms with Crippen molar-refractivity contribution in [1.29, 1.82) is 0 Å². The molecule has 0 unspecified atom stereocenters. The number of fused-ring (bicyclic) bond motifs is 3. The maximum absolute atomic E-state index is 12.3. The summed E-state index contributed by atoms with van der Waals surface area (Å²) in [5.41, 5.74) is 4.42. The molecule has 0 fully saturated rings. The summed E-state index contributed by atoms with van der Waals surface area (Å²) >= 11 is 3.32. The molecule has 0 aliphatic heterocycles. The van der Waals surface area contributed by atoms with Crippen LogP contribution < -0.4 is 10.1 Å². The van der Waals surface area contributed by atoms with Crippen molar-refractivity contribution >= 4 is 28.0 Å². The average Bonchev–Trinajstić information content (AvgIpc) is 3.10. The molecule has 0 heterocycles. The molecule has 1 aliphatic rings. The normalized spacial score (nSPS) is 13.1. The molecule has 7 heteroatoms. The van der Waals surface area contributed by atoms with Crippen molar-refractivity contribution in [2.45, 2.75) is 12.0 Å². The molecule has 0 bridgehead atoms. The van der Waals surface area contributed by atoms with Crippen molar-refractivity contribution in [3.8, 4) is 16.9 Å². The molecule has 1 aliphatic carbocycles. The molecule has 1 atom stereocenters. The quantitative estimate of drug-likeness (QED) is 0.505. The molecule has 2 N–H and O–H groups in total. The van der Waals surface area contributed by atoms with Gasteiger partial charge in [0.05, 0.1) is 0 Å². The Morgan fingerprint density at radius 2 is 1.52 bits per heavy atom. The first kappa shape index (κ1) is 20.9. The Morgan fingerprint density at radius 3 is 2.10 bits per heavy atom. The number of carboxylic acids is 1. The molecular formula is C24H20BrNO5. The zero-order chi connectivity index (χ0) is 21.8. The zero-order valence-corrected chi connectivity index (χ0v) is 18.0. The van der Waals surface area contributed by atoms with Gasteiger partial charge in [-0.05, 0) is 46.5 Å². The highest BCUT2D eigenvalue weighted by atomic mass is 79.9. The van der Waals surface area contributed by atoms with E-state index >= 15 is 0 Å². The smallest absolute Gasteiger partial charge is 0.407 e. The minimum absolute atomic E-state index is 0.0968. The summed E-state index contributed by atoms with van der Waals surface area (Å²) < 4.78 is 11.8. The number of benzene rings is 3. The van der Waals surface area contributed by atoms with Gasteiger partial charge in [-0.3, -0.25) is 0 Å². The number of hydrogen-bond donors (Lipinski definition) is 2. The molecule has 6 nitrogen and oxygen atoms in total. The lowest BCUT2D eigenvalue weighted by molar-refractivity contribution is -0.140. The topological polar surface area (TPSA) is 84.9 Å². The SMILES string of the molecule is O=C(N[C@@H](COc1ccc(Br)cc1)C(=O)O)OCC1c2ccccc2-c2ccccc21. The van der Waals surface area contributed by atoms with E-state index in [9.17, 15) is 14.7 Å². The third kappa shape index (κ3) is 4.72. The van der Waals surface area contributed by atoms with E-state index in [1.165, 1.54) is 0 Å². The Labute approximate surface area is 187 Å². The van der Waals surface area contributed by atoms with Crippen LogP contribution in [0.1, 0.15) is 17.0 Å². The highest BCUT2D eigenvalue weighted by Gasteiger charge is 2.29.